The van der Waals surface area contributed by atoms with Crippen LogP contribution in [-0.2, 0) is 0 Å². The molecular formula is C19H10Br3N3O2S. The average Bonchev–Trinajstić information content (AvgIpc) is 3.12. The van der Waals surface area contributed by atoms with Crippen LogP contribution in [0.2, 0.25) is 0 Å². The third-order valence-corrected chi connectivity index (χ3v) is 6.10. The lowest BCUT2D eigenvalue weighted by molar-refractivity contribution is 0.561. The van der Waals surface area contributed by atoms with E-state index in [1.807, 2.05) is 36.4 Å². The van der Waals surface area contributed by atoms with E-state index in [2.05, 4.69) is 63.3 Å². The van der Waals surface area contributed by atoms with Crippen molar-refractivity contribution >= 4 is 81.4 Å². The number of rotatable bonds is 4. The summed E-state index contributed by atoms with van der Waals surface area (Å²) in [6, 6.07) is 13.3. The minimum atomic E-state index is -0.439. The summed E-state index contributed by atoms with van der Waals surface area (Å²) < 4.78 is 8.08. The monoisotopic (exact) mass is 581 g/mol. The topological polar surface area (TPSA) is 67.5 Å². The zero-order valence-corrected chi connectivity index (χ0v) is 19.5. The fourth-order valence-corrected chi connectivity index (χ4v) is 4.76. The predicted molar refractivity (Wildman–Crippen MR) is 124 cm³/mol. The van der Waals surface area contributed by atoms with Crippen molar-refractivity contribution in [1.82, 2.24) is 4.98 Å². The molecule has 2 aromatic heterocycles. The molecule has 0 spiro atoms. The number of nitrogens with one attached hydrogen (secondary N) is 1. The molecule has 4 rings (SSSR count). The van der Waals surface area contributed by atoms with E-state index in [0.29, 0.717) is 26.4 Å². The standard InChI is InChI=1S/C19H10Br3N3O2S/c20-12-3-1-10(2-4-12)8-23-25-19-24-16(9-28-19)14-6-11-5-13(21)7-15(22)17(11)27-18(14)26/h1-9H,(H,24,25). The molecule has 140 valence electrons. The highest BCUT2D eigenvalue weighted by molar-refractivity contribution is 9.11. The third-order valence-electron chi connectivity index (χ3n) is 3.78. The molecule has 0 saturated carbocycles. The molecule has 9 heteroatoms. The van der Waals surface area contributed by atoms with E-state index >= 15 is 0 Å². The Morgan fingerprint density at radius 3 is 2.64 bits per heavy atom. The zero-order chi connectivity index (χ0) is 19.7. The molecule has 0 atom stereocenters. The molecule has 0 saturated heterocycles. The van der Waals surface area contributed by atoms with Crippen LogP contribution in [0.25, 0.3) is 22.2 Å². The van der Waals surface area contributed by atoms with Gasteiger partial charge in [0.25, 0.3) is 0 Å². The van der Waals surface area contributed by atoms with Crippen molar-refractivity contribution in [3.8, 4) is 11.3 Å². The maximum absolute atomic E-state index is 12.4. The van der Waals surface area contributed by atoms with Gasteiger partial charge in [0.05, 0.1) is 21.9 Å². The highest BCUT2D eigenvalue weighted by Gasteiger charge is 2.13. The summed E-state index contributed by atoms with van der Waals surface area (Å²) in [5.41, 5.74) is 4.85. The number of aromatic nitrogens is 1. The van der Waals surface area contributed by atoms with Crippen molar-refractivity contribution in [2.75, 3.05) is 5.43 Å². The minimum absolute atomic E-state index is 0.402. The van der Waals surface area contributed by atoms with E-state index in [1.165, 1.54) is 11.3 Å². The van der Waals surface area contributed by atoms with E-state index in [-0.39, 0.29) is 0 Å². The van der Waals surface area contributed by atoms with Crippen LogP contribution in [0.3, 0.4) is 0 Å². The second-order valence-corrected chi connectivity index (χ2v) is 9.26. The number of anilines is 1. The van der Waals surface area contributed by atoms with Gasteiger partial charge in [-0.1, -0.05) is 44.0 Å². The summed E-state index contributed by atoms with van der Waals surface area (Å²) in [5.74, 6) is 0. The Hall–Kier alpha value is -1.81. The van der Waals surface area contributed by atoms with Gasteiger partial charge in [0, 0.05) is 19.7 Å². The Morgan fingerprint density at radius 2 is 1.86 bits per heavy atom. The van der Waals surface area contributed by atoms with Gasteiger partial charge >= 0.3 is 5.63 Å². The van der Waals surface area contributed by atoms with Crippen molar-refractivity contribution < 1.29 is 4.42 Å². The molecule has 2 aromatic carbocycles. The molecular weight excluding hydrogens is 574 g/mol. The number of halogens is 3. The second-order valence-electron chi connectivity index (χ2n) is 5.71. The lowest BCUT2D eigenvalue weighted by Gasteiger charge is -2.03. The quantitative estimate of drug-likeness (QED) is 0.166. The molecule has 28 heavy (non-hydrogen) atoms. The summed E-state index contributed by atoms with van der Waals surface area (Å²) in [5, 5.41) is 7.36. The maximum atomic E-state index is 12.4. The molecule has 0 unspecified atom stereocenters. The zero-order valence-electron chi connectivity index (χ0n) is 13.9. The average molecular weight is 584 g/mol. The van der Waals surface area contributed by atoms with Crippen molar-refractivity contribution in [3.63, 3.8) is 0 Å². The first kappa shape index (κ1) is 19.5. The smallest absolute Gasteiger partial charge is 0.345 e. The number of fused-ring (bicyclic) bond motifs is 1. The van der Waals surface area contributed by atoms with Crippen LogP contribution in [0.5, 0.6) is 0 Å². The Labute approximate surface area is 188 Å². The SMILES string of the molecule is O=c1oc2c(Br)cc(Br)cc2cc1-c1csc(NN=Cc2ccc(Br)cc2)n1. The van der Waals surface area contributed by atoms with E-state index in [1.54, 1.807) is 17.7 Å². The van der Waals surface area contributed by atoms with Crippen LogP contribution in [0, 0.1) is 0 Å². The lowest BCUT2D eigenvalue weighted by atomic mass is 10.1. The molecule has 0 aliphatic rings. The van der Waals surface area contributed by atoms with Gasteiger partial charge in [0.2, 0.25) is 5.13 Å². The van der Waals surface area contributed by atoms with Crippen LogP contribution in [0.4, 0.5) is 5.13 Å². The normalized spacial score (nSPS) is 11.4. The van der Waals surface area contributed by atoms with Gasteiger partial charge in [0.1, 0.15) is 0 Å². The maximum Gasteiger partial charge on any atom is 0.345 e. The summed E-state index contributed by atoms with van der Waals surface area (Å²) >= 11 is 11.6. The lowest BCUT2D eigenvalue weighted by Crippen LogP contribution is -2.03. The first-order valence-electron chi connectivity index (χ1n) is 7.93. The molecule has 0 aliphatic carbocycles. The van der Waals surface area contributed by atoms with E-state index in [9.17, 15) is 4.79 Å². The number of hydrogen-bond donors (Lipinski definition) is 1. The van der Waals surface area contributed by atoms with E-state index in [4.69, 9.17) is 4.42 Å². The van der Waals surface area contributed by atoms with Crippen molar-refractivity contribution in [3.05, 3.63) is 77.2 Å². The second kappa shape index (κ2) is 8.28. The highest BCUT2D eigenvalue weighted by Crippen LogP contribution is 2.31. The van der Waals surface area contributed by atoms with Gasteiger partial charge in [-0.3, -0.25) is 5.43 Å². The third kappa shape index (κ3) is 4.27. The Balaban J connectivity index is 1.59. The number of hydrazone groups is 1. The minimum Gasteiger partial charge on any atom is -0.421 e. The molecule has 0 fully saturated rings. The van der Waals surface area contributed by atoms with Gasteiger partial charge in [-0.15, -0.1) is 11.3 Å². The summed E-state index contributed by atoms with van der Waals surface area (Å²) in [6.07, 6.45) is 1.70. The molecule has 0 amide bonds. The van der Waals surface area contributed by atoms with Crippen LogP contribution >= 0.6 is 59.1 Å². The van der Waals surface area contributed by atoms with Crippen molar-refractivity contribution in [2.45, 2.75) is 0 Å². The van der Waals surface area contributed by atoms with Gasteiger partial charge in [-0.25, -0.2) is 9.78 Å². The summed E-state index contributed by atoms with van der Waals surface area (Å²) in [4.78, 5) is 16.9. The highest BCUT2D eigenvalue weighted by atomic mass is 79.9. The van der Waals surface area contributed by atoms with Crippen molar-refractivity contribution in [1.29, 1.82) is 0 Å². The van der Waals surface area contributed by atoms with Gasteiger partial charge < -0.3 is 4.42 Å². The number of hydrogen-bond acceptors (Lipinski definition) is 6. The molecule has 0 radical (unpaired) electrons. The molecule has 0 bridgehead atoms. The molecule has 2 heterocycles. The molecule has 1 N–H and O–H groups in total. The van der Waals surface area contributed by atoms with Gasteiger partial charge in [-0.05, 0) is 51.8 Å². The summed E-state index contributed by atoms with van der Waals surface area (Å²) in [6.45, 7) is 0. The van der Waals surface area contributed by atoms with E-state index in [0.717, 1.165) is 19.9 Å². The molecule has 5 nitrogen and oxygen atoms in total. The number of thiazole rings is 1. The van der Waals surface area contributed by atoms with Crippen molar-refractivity contribution in [2.24, 2.45) is 5.10 Å². The van der Waals surface area contributed by atoms with Gasteiger partial charge in [0.15, 0.2) is 5.58 Å². The largest absolute Gasteiger partial charge is 0.421 e. The molecule has 0 aliphatic heterocycles. The number of nitrogens with zero attached hydrogens (tertiary/aromatic N) is 2. The van der Waals surface area contributed by atoms with Gasteiger partial charge in [-0.2, -0.15) is 5.10 Å². The number of benzene rings is 2. The Bertz CT molecular complexity index is 1250. The fourth-order valence-electron chi connectivity index (χ4n) is 2.50. The van der Waals surface area contributed by atoms with Crippen LogP contribution in [0.15, 0.2) is 75.6 Å². The van der Waals surface area contributed by atoms with Crippen LogP contribution < -0.4 is 11.1 Å². The predicted octanol–water partition coefficient (Wildman–Crippen LogP) is 6.65. The van der Waals surface area contributed by atoms with Crippen LogP contribution in [-0.4, -0.2) is 11.2 Å². The molecule has 4 aromatic rings. The Kier molecular flexibility index (Phi) is 5.77. The Morgan fingerprint density at radius 1 is 1.07 bits per heavy atom. The fraction of sp³-hybridized carbons (Fsp3) is 0. The van der Waals surface area contributed by atoms with E-state index < -0.39 is 5.63 Å². The first-order chi connectivity index (χ1) is 13.5. The summed E-state index contributed by atoms with van der Waals surface area (Å²) in [7, 11) is 0. The first-order valence-corrected chi connectivity index (χ1v) is 11.2. The van der Waals surface area contributed by atoms with Crippen LogP contribution in [0.1, 0.15) is 5.56 Å².